The number of imidazole rings is 1. The van der Waals surface area contributed by atoms with Gasteiger partial charge in [-0.3, -0.25) is 19.4 Å². The van der Waals surface area contributed by atoms with Crippen LogP contribution in [0, 0.1) is 0 Å². The number of fused-ring (bicyclic) bond motifs is 1. The van der Waals surface area contributed by atoms with E-state index in [1.807, 2.05) is 55.2 Å². The van der Waals surface area contributed by atoms with Crippen LogP contribution in [-0.4, -0.2) is 79.4 Å². The minimum absolute atomic E-state index is 0.287. The summed E-state index contributed by atoms with van der Waals surface area (Å²) >= 11 is 0. The molecule has 1 amide bonds. The monoisotopic (exact) mass is 555 g/mol. The number of aromatic amines is 1. The molecule has 3 aromatic heterocycles. The molecule has 1 fully saturated rings. The number of carbonyl (C=O) groups is 1. The molecule has 0 saturated carbocycles. The molecule has 0 atom stereocenters. The number of ether oxygens (including phenoxy) is 1. The second-order valence-corrected chi connectivity index (χ2v) is 9.82. The summed E-state index contributed by atoms with van der Waals surface area (Å²) in [5.74, 6) is 0.617. The summed E-state index contributed by atoms with van der Waals surface area (Å²) in [4.78, 5) is 28.1. The molecule has 1 aliphatic heterocycles. The Hall–Kier alpha value is -3.93. The number of hydrogen-bond acceptors (Lipinski definition) is 6. The fraction of sp³-hybridized carbons (Fsp3) is 0.429. The van der Waals surface area contributed by atoms with E-state index >= 15 is 0 Å². The maximum atomic E-state index is 12.6. The van der Waals surface area contributed by atoms with Crippen molar-refractivity contribution in [3.05, 3.63) is 59.9 Å². The van der Waals surface area contributed by atoms with E-state index in [0.29, 0.717) is 38.4 Å². The van der Waals surface area contributed by atoms with Gasteiger partial charge in [-0.2, -0.15) is 18.3 Å². The van der Waals surface area contributed by atoms with Crippen LogP contribution >= 0.6 is 0 Å². The molecular weight excluding hydrogens is 523 g/mol. The van der Waals surface area contributed by atoms with Gasteiger partial charge in [0.2, 0.25) is 5.91 Å². The number of aromatic nitrogens is 5. The van der Waals surface area contributed by atoms with E-state index in [0.717, 1.165) is 45.8 Å². The maximum absolute atomic E-state index is 12.6. The zero-order chi connectivity index (χ0) is 28.3. The molecule has 0 unspecified atom stereocenters. The van der Waals surface area contributed by atoms with Gasteiger partial charge in [-0.25, -0.2) is 4.98 Å². The molecule has 5 rings (SSSR count). The third-order valence-electron chi connectivity index (χ3n) is 6.93. The van der Waals surface area contributed by atoms with E-state index in [1.165, 1.54) is 4.90 Å². The first kappa shape index (κ1) is 27.6. The largest absolute Gasteiger partial charge is 0.491 e. The standard InChI is InChI=1S/C28H32F3N7O2/c1-3-38-18-20(16-33-38)22-5-6-23-26(27(22)40-4-2)35-24(34-23)14-21-13-19(7-8-32-21)17-36-9-11-37(12-10-36)25(39)15-28(29,30)31/h5-8,13,16,18H,3-4,9-12,14-15,17H2,1-2H3,(H,34,35). The van der Waals surface area contributed by atoms with Gasteiger partial charge in [0.25, 0.3) is 0 Å². The lowest BCUT2D eigenvalue weighted by molar-refractivity contribution is -0.162. The molecule has 1 aromatic carbocycles. The molecule has 40 heavy (non-hydrogen) atoms. The number of benzene rings is 1. The van der Waals surface area contributed by atoms with E-state index in [4.69, 9.17) is 9.72 Å². The number of nitrogens with one attached hydrogen (secondary N) is 1. The Morgan fingerprint density at radius 1 is 1.12 bits per heavy atom. The van der Waals surface area contributed by atoms with Gasteiger partial charge < -0.3 is 14.6 Å². The molecule has 0 aliphatic carbocycles. The van der Waals surface area contributed by atoms with Gasteiger partial charge in [0, 0.05) is 74.9 Å². The van der Waals surface area contributed by atoms with Crippen LogP contribution in [0.2, 0.25) is 0 Å². The summed E-state index contributed by atoms with van der Waals surface area (Å²) in [6, 6.07) is 7.96. The second-order valence-electron chi connectivity index (χ2n) is 9.82. The lowest BCUT2D eigenvalue weighted by atomic mass is 10.1. The van der Waals surface area contributed by atoms with Crippen molar-refractivity contribution in [2.45, 2.75) is 46.0 Å². The van der Waals surface area contributed by atoms with Crippen molar-refractivity contribution in [2.75, 3.05) is 32.8 Å². The van der Waals surface area contributed by atoms with Crippen LogP contribution < -0.4 is 4.74 Å². The van der Waals surface area contributed by atoms with Crippen LogP contribution in [-0.2, 0) is 24.3 Å². The minimum atomic E-state index is -4.48. The topological polar surface area (TPSA) is 92.2 Å². The number of hydrogen-bond donors (Lipinski definition) is 1. The number of H-pyrrole nitrogens is 1. The summed E-state index contributed by atoms with van der Waals surface area (Å²) in [6.45, 7) is 7.51. The lowest BCUT2D eigenvalue weighted by Crippen LogP contribution is -2.49. The van der Waals surface area contributed by atoms with Crippen molar-refractivity contribution < 1.29 is 22.7 Å². The number of rotatable bonds is 9. The van der Waals surface area contributed by atoms with Crippen LogP contribution in [0.3, 0.4) is 0 Å². The number of nitrogens with zero attached hydrogens (tertiary/aromatic N) is 6. The van der Waals surface area contributed by atoms with Crippen LogP contribution in [0.25, 0.3) is 22.2 Å². The fourth-order valence-corrected chi connectivity index (χ4v) is 4.97. The van der Waals surface area contributed by atoms with Crippen molar-refractivity contribution in [3.63, 3.8) is 0 Å². The van der Waals surface area contributed by atoms with Gasteiger partial charge >= 0.3 is 6.18 Å². The smallest absolute Gasteiger partial charge is 0.397 e. The highest BCUT2D eigenvalue weighted by molar-refractivity contribution is 5.90. The number of alkyl halides is 3. The van der Waals surface area contributed by atoms with Crippen LogP contribution in [0.5, 0.6) is 5.75 Å². The molecule has 4 heterocycles. The van der Waals surface area contributed by atoms with Crippen molar-refractivity contribution in [1.82, 2.24) is 34.5 Å². The lowest BCUT2D eigenvalue weighted by Gasteiger charge is -2.35. The Morgan fingerprint density at radius 2 is 1.93 bits per heavy atom. The zero-order valence-electron chi connectivity index (χ0n) is 22.5. The molecule has 9 nitrogen and oxygen atoms in total. The molecule has 1 N–H and O–H groups in total. The molecule has 12 heteroatoms. The van der Waals surface area contributed by atoms with E-state index in [2.05, 4.69) is 20.0 Å². The first-order valence-electron chi connectivity index (χ1n) is 13.4. The van der Waals surface area contributed by atoms with Gasteiger partial charge in [-0.05, 0) is 43.7 Å². The van der Waals surface area contributed by atoms with Gasteiger partial charge in [0.05, 0.1) is 18.3 Å². The van der Waals surface area contributed by atoms with Crippen molar-refractivity contribution in [3.8, 4) is 16.9 Å². The molecular formula is C28H32F3N7O2. The maximum Gasteiger partial charge on any atom is 0.397 e. The third-order valence-corrected chi connectivity index (χ3v) is 6.93. The number of amides is 1. The van der Waals surface area contributed by atoms with Crippen molar-refractivity contribution in [2.24, 2.45) is 0 Å². The first-order chi connectivity index (χ1) is 19.2. The van der Waals surface area contributed by atoms with Gasteiger partial charge in [0.15, 0.2) is 5.75 Å². The summed E-state index contributed by atoms with van der Waals surface area (Å²) in [5, 5.41) is 4.39. The second kappa shape index (κ2) is 11.7. The van der Waals surface area contributed by atoms with Gasteiger partial charge in [-0.1, -0.05) is 0 Å². The Bertz CT molecular complexity index is 1470. The molecule has 212 valence electrons. The Morgan fingerprint density at radius 3 is 2.62 bits per heavy atom. The molecule has 4 aromatic rings. The highest BCUT2D eigenvalue weighted by Gasteiger charge is 2.34. The highest BCUT2D eigenvalue weighted by Crippen LogP contribution is 2.36. The summed E-state index contributed by atoms with van der Waals surface area (Å²) in [7, 11) is 0. The van der Waals surface area contributed by atoms with Crippen LogP contribution in [0.4, 0.5) is 13.2 Å². The van der Waals surface area contributed by atoms with E-state index in [1.54, 1.807) is 6.20 Å². The average Bonchev–Trinajstić information content (AvgIpc) is 3.56. The van der Waals surface area contributed by atoms with Crippen LogP contribution in [0.15, 0.2) is 42.9 Å². The number of pyridine rings is 1. The number of piperazine rings is 1. The average molecular weight is 556 g/mol. The summed E-state index contributed by atoms with van der Waals surface area (Å²) in [6.07, 6.45) is 0.193. The Labute approximate surface area is 230 Å². The number of carbonyl (C=O) groups excluding carboxylic acids is 1. The van der Waals surface area contributed by atoms with Crippen LogP contribution in [0.1, 0.15) is 37.4 Å². The molecule has 0 spiro atoms. The van der Waals surface area contributed by atoms with E-state index < -0.39 is 18.5 Å². The van der Waals surface area contributed by atoms with Crippen molar-refractivity contribution in [1.29, 1.82) is 0 Å². The predicted octanol–water partition coefficient (Wildman–Crippen LogP) is 4.43. The fourth-order valence-electron chi connectivity index (χ4n) is 4.97. The molecule has 0 radical (unpaired) electrons. The SMILES string of the molecule is CCOc1c(-c2cnn(CC)c2)ccc2[nH]c(Cc3cc(CN4CCN(C(=O)CC(F)(F)F)CC4)ccn3)nc12. The molecule has 1 saturated heterocycles. The quantitative estimate of drug-likeness (QED) is 0.329. The molecule has 0 bridgehead atoms. The Balaban J connectivity index is 1.27. The summed E-state index contributed by atoms with van der Waals surface area (Å²) in [5.41, 5.74) is 5.43. The van der Waals surface area contributed by atoms with Gasteiger partial charge in [0.1, 0.15) is 17.8 Å². The minimum Gasteiger partial charge on any atom is -0.491 e. The number of aryl methyl sites for hydroxylation is 1. The van der Waals surface area contributed by atoms with Crippen molar-refractivity contribution >= 4 is 16.9 Å². The van der Waals surface area contributed by atoms with E-state index in [9.17, 15) is 18.0 Å². The number of halogens is 3. The Kier molecular flexibility index (Phi) is 8.06. The van der Waals surface area contributed by atoms with E-state index in [-0.39, 0.29) is 13.1 Å². The first-order valence-corrected chi connectivity index (χ1v) is 13.4. The highest BCUT2D eigenvalue weighted by atomic mass is 19.4. The zero-order valence-corrected chi connectivity index (χ0v) is 22.5. The normalized spacial score (nSPS) is 14.7. The summed E-state index contributed by atoms with van der Waals surface area (Å²) < 4.78 is 45.6. The third kappa shape index (κ3) is 6.44. The molecule has 1 aliphatic rings. The van der Waals surface area contributed by atoms with Gasteiger partial charge in [-0.15, -0.1) is 0 Å². The predicted molar refractivity (Wildman–Crippen MR) is 144 cm³/mol.